The van der Waals surface area contributed by atoms with E-state index in [0.29, 0.717) is 22.8 Å². The average molecular weight is 349 g/mol. The van der Waals surface area contributed by atoms with Gasteiger partial charge in [-0.3, -0.25) is 4.79 Å². The monoisotopic (exact) mass is 348 g/mol. The molecule has 0 saturated heterocycles. The van der Waals surface area contributed by atoms with Crippen molar-refractivity contribution in [3.8, 4) is 5.75 Å². The second kappa shape index (κ2) is 8.32. The van der Waals surface area contributed by atoms with Crippen molar-refractivity contribution in [1.82, 2.24) is 0 Å². The van der Waals surface area contributed by atoms with Crippen LogP contribution < -0.4 is 4.74 Å². The van der Waals surface area contributed by atoms with Crippen molar-refractivity contribution in [1.29, 1.82) is 0 Å². The first-order chi connectivity index (χ1) is 12.2. The van der Waals surface area contributed by atoms with Crippen LogP contribution in [0.5, 0.6) is 5.75 Å². The zero-order valence-electron chi connectivity index (χ0n) is 13.6. The Labute approximate surface area is 152 Å². The van der Waals surface area contributed by atoms with E-state index in [1.54, 1.807) is 48.5 Å². The predicted molar refractivity (Wildman–Crippen MR) is 102 cm³/mol. The van der Waals surface area contributed by atoms with Gasteiger partial charge in [0.25, 0.3) is 0 Å². The highest BCUT2D eigenvalue weighted by molar-refractivity contribution is 6.30. The second-order valence-corrected chi connectivity index (χ2v) is 5.92. The summed E-state index contributed by atoms with van der Waals surface area (Å²) >= 11 is 5.85. The molecule has 0 radical (unpaired) electrons. The van der Waals surface area contributed by atoms with Crippen LogP contribution in [-0.2, 0) is 0 Å². The Morgan fingerprint density at radius 1 is 0.840 bits per heavy atom. The molecule has 0 saturated carbocycles. The zero-order chi connectivity index (χ0) is 17.5. The Morgan fingerprint density at radius 2 is 1.44 bits per heavy atom. The zero-order valence-corrected chi connectivity index (χ0v) is 14.3. The minimum atomic E-state index is -0.0350. The number of carbonyl (C=O) groups excluding carboxylic acids is 1. The van der Waals surface area contributed by atoms with Crippen molar-refractivity contribution in [2.75, 3.05) is 6.61 Å². The standard InChI is InChI=1S/C22H17ClO2/c23-20-12-8-18(9-13-20)22(24)19-10-14-21(15-11-19)25-16-4-7-17-5-2-1-3-6-17/h1-15H,16H2/b7-4+. The summed E-state index contributed by atoms with van der Waals surface area (Å²) in [5.41, 5.74) is 2.37. The third-order valence-electron chi connectivity index (χ3n) is 3.68. The molecule has 0 aliphatic rings. The Morgan fingerprint density at radius 3 is 2.08 bits per heavy atom. The van der Waals surface area contributed by atoms with Gasteiger partial charge < -0.3 is 4.74 Å². The molecule has 0 aliphatic heterocycles. The van der Waals surface area contributed by atoms with Gasteiger partial charge in [0.15, 0.2) is 5.78 Å². The van der Waals surface area contributed by atoms with E-state index in [-0.39, 0.29) is 5.78 Å². The van der Waals surface area contributed by atoms with Crippen LogP contribution >= 0.6 is 11.6 Å². The first-order valence-electron chi connectivity index (χ1n) is 7.97. The van der Waals surface area contributed by atoms with Crippen LogP contribution in [0, 0.1) is 0 Å². The summed E-state index contributed by atoms with van der Waals surface area (Å²) in [6.45, 7) is 0.472. The molecule has 3 aromatic rings. The highest BCUT2D eigenvalue weighted by Crippen LogP contribution is 2.17. The molecule has 3 rings (SSSR count). The second-order valence-electron chi connectivity index (χ2n) is 5.48. The molecule has 0 unspecified atom stereocenters. The predicted octanol–water partition coefficient (Wildman–Crippen LogP) is 5.66. The van der Waals surface area contributed by atoms with Crippen molar-refractivity contribution >= 4 is 23.5 Å². The quantitative estimate of drug-likeness (QED) is 0.537. The normalized spacial score (nSPS) is 10.8. The van der Waals surface area contributed by atoms with Crippen molar-refractivity contribution in [3.05, 3.63) is 107 Å². The number of hydrogen-bond donors (Lipinski definition) is 0. The summed E-state index contributed by atoms with van der Waals surface area (Å²) in [6.07, 6.45) is 3.97. The van der Waals surface area contributed by atoms with Crippen LogP contribution in [0.3, 0.4) is 0 Å². The van der Waals surface area contributed by atoms with Gasteiger partial charge in [-0.2, -0.15) is 0 Å². The van der Waals surface area contributed by atoms with Crippen molar-refractivity contribution < 1.29 is 9.53 Å². The molecule has 124 valence electrons. The van der Waals surface area contributed by atoms with E-state index in [4.69, 9.17) is 16.3 Å². The SMILES string of the molecule is O=C(c1ccc(Cl)cc1)c1ccc(OC/C=C/c2ccccc2)cc1. The van der Waals surface area contributed by atoms with Crippen molar-refractivity contribution in [2.24, 2.45) is 0 Å². The number of carbonyl (C=O) groups is 1. The van der Waals surface area contributed by atoms with E-state index in [1.165, 1.54) is 0 Å². The van der Waals surface area contributed by atoms with Gasteiger partial charge in [-0.15, -0.1) is 0 Å². The van der Waals surface area contributed by atoms with E-state index < -0.39 is 0 Å². The number of hydrogen-bond acceptors (Lipinski definition) is 2. The van der Waals surface area contributed by atoms with Crippen molar-refractivity contribution in [3.63, 3.8) is 0 Å². The Bertz CT molecular complexity index is 851. The van der Waals surface area contributed by atoms with Crippen LogP contribution in [-0.4, -0.2) is 12.4 Å². The number of rotatable bonds is 6. The summed E-state index contributed by atoms with van der Waals surface area (Å²) in [5.74, 6) is 0.692. The molecule has 0 fully saturated rings. The molecule has 2 nitrogen and oxygen atoms in total. The first-order valence-corrected chi connectivity index (χ1v) is 8.35. The van der Waals surface area contributed by atoms with Gasteiger partial charge in [0.05, 0.1) is 0 Å². The van der Waals surface area contributed by atoms with Gasteiger partial charge in [0, 0.05) is 16.1 Å². The molecule has 0 N–H and O–H groups in total. The summed E-state index contributed by atoms with van der Waals surface area (Å²) in [6, 6.07) is 24.1. The maximum atomic E-state index is 12.4. The van der Waals surface area contributed by atoms with Crippen LogP contribution in [0.15, 0.2) is 84.9 Å². The smallest absolute Gasteiger partial charge is 0.193 e. The van der Waals surface area contributed by atoms with Gasteiger partial charge in [-0.25, -0.2) is 0 Å². The number of benzene rings is 3. The highest BCUT2D eigenvalue weighted by Gasteiger charge is 2.08. The van der Waals surface area contributed by atoms with Gasteiger partial charge in [0.2, 0.25) is 0 Å². The van der Waals surface area contributed by atoms with E-state index in [9.17, 15) is 4.79 Å². The lowest BCUT2D eigenvalue weighted by Crippen LogP contribution is -2.01. The summed E-state index contributed by atoms with van der Waals surface area (Å²) in [7, 11) is 0. The van der Waals surface area contributed by atoms with Gasteiger partial charge in [-0.1, -0.05) is 48.0 Å². The van der Waals surface area contributed by atoms with Crippen LogP contribution in [0.2, 0.25) is 5.02 Å². The van der Waals surface area contributed by atoms with E-state index >= 15 is 0 Å². The summed E-state index contributed by atoms with van der Waals surface area (Å²) in [5, 5.41) is 0.615. The van der Waals surface area contributed by atoms with Crippen LogP contribution in [0.25, 0.3) is 6.08 Å². The molecule has 0 aliphatic carbocycles. The summed E-state index contributed by atoms with van der Waals surface area (Å²) in [4.78, 5) is 12.4. The molecule has 3 heteroatoms. The molecule has 3 aromatic carbocycles. The number of ether oxygens (including phenoxy) is 1. The molecular weight excluding hydrogens is 332 g/mol. The Kier molecular flexibility index (Phi) is 5.65. The van der Waals surface area contributed by atoms with E-state index in [0.717, 1.165) is 11.3 Å². The third-order valence-corrected chi connectivity index (χ3v) is 3.93. The third kappa shape index (κ3) is 4.82. The lowest BCUT2D eigenvalue weighted by molar-refractivity contribution is 0.103. The van der Waals surface area contributed by atoms with Gasteiger partial charge in [-0.05, 0) is 60.2 Å². The average Bonchev–Trinajstić information content (AvgIpc) is 2.67. The van der Waals surface area contributed by atoms with Crippen LogP contribution in [0.1, 0.15) is 21.5 Å². The molecule has 0 aromatic heterocycles. The minimum absolute atomic E-state index is 0.0350. The molecule has 0 spiro atoms. The first kappa shape index (κ1) is 17.0. The van der Waals surface area contributed by atoms with Gasteiger partial charge >= 0.3 is 0 Å². The molecule has 0 amide bonds. The fourth-order valence-corrected chi connectivity index (χ4v) is 2.49. The molecule has 0 atom stereocenters. The molecule has 0 heterocycles. The minimum Gasteiger partial charge on any atom is -0.490 e. The largest absolute Gasteiger partial charge is 0.490 e. The highest BCUT2D eigenvalue weighted by atomic mass is 35.5. The van der Waals surface area contributed by atoms with Crippen molar-refractivity contribution in [2.45, 2.75) is 0 Å². The maximum Gasteiger partial charge on any atom is 0.193 e. The fraction of sp³-hybridized carbons (Fsp3) is 0.0455. The van der Waals surface area contributed by atoms with Crippen LogP contribution in [0.4, 0.5) is 0 Å². The molecular formula is C22H17ClO2. The Balaban J connectivity index is 1.57. The van der Waals surface area contributed by atoms with E-state index in [1.807, 2.05) is 42.5 Å². The molecule has 0 bridgehead atoms. The summed E-state index contributed by atoms with van der Waals surface area (Å²) < 4.78 is 5.67. The topological polar surface area (TPSA) is 26.3 Å². The van der Waals surface area contributed by atoms with Gasteiger partial charge in [0.1, 0.15) is 12.4 Å². The lowest BCUT2D eigenvalue weighted by Gasteiger charge is -2.05. The molecule has 25 heavy (non-hydrogen) atoms. The lowest BCUT2D eigenvalue weighted by atomic mass is 10.0. The Hall–Kier alpha value is -2.84. The van der Waals surface area contributed by atoms with E-state index in [2.05, 4.69) is 0 Å². The maximum absolute atomic E-state index is 12.4. The number of ketones is 1. The fourth-order valence-electron chi connectivity index (χ4n) is 2.36. The number of halogens is 1.